The number of amides is 2. The number of carbonyl (C=O) groups excluding carboxylic acids is 2. The number of nitrogens with zero attached hydrogens (tertiary/aromatic N) is 1. The molecule has 1 aliphatic rings. The second-order valence-electron chi connectivity index (χ2n) is 7.00. The van der Waals surface area contributed by atoms with Crippen molar-refractivity contribution in [1.82, 2.24) is 5.43 Å². The van der Waals surface area contributed by atoms with Gasteiger partial charge in [-0.3, -0.25) is 9.59 Å². The first-order valence-electron chi connectivity index (χ1n) is 9.54. The van der Waals surface area contributed by atoms with Crippen molar-refractivity contribution in [2.75, 3.05) is 5.32 Å². The number of benzene rings is 1. The monoisotopic (exact) mass is 395 g/mol. The van der Waals surface area contributed by atoms with Gasteiger partial charge in [0, 0.05) is 16.7 Å². The van der Waals surface area contributed by atoms with Crippen LogP contribution in [0.2, 0.25) is 0 Å². The molecule has 2 N–H and O–H groups in total. The molecule has 0 spiro atoms. The zero-order valence-corrected chi connectivity index (χ0v) is 17.1. The van der Waals surface area contributed by atoms with E-state index in [0.717, 1.165) is 48.9 Å². The van der Waals surface area contributed by atoms with E-state index in [4.69, 9.17) is 0 Å². The summed E-state index contributed by atoms with van der Waals surface area (Å²) in [7, 11) is 0. The zero-order valence-electron chi connectivity index (χ0n) is 16.2. The van der Waals surface area contributed by atoms with Crippen molar-refractivity contribution in [2.45, 2.75) is 46.0 Å². The smallest absolute Gasteiger partial charge is 0.274 e. The Labute approximate surface area is 169 Å². The number of hydrogen-bond acceptors (Lipinski definition) is 4. The Morgan fingerprint density at radius 3 is 2.57 bits per heavy atom. The van der Waals surface area contributed by atoms with Crippen LogP contribution < -0.4 is 10.7 Å². The van der Waals surface area contributed by atoms with Gasteiger partial charge in [0.2, 0.25) is 5.91 Å². The highest BCUT2D eigenvalue weighted by Gasteiger charge is 2.25. The van der Waals surface area contributed by atoms with Gasteiger partial charge < -0.3 is 5.32 Å². The van der Waals surface area contributed by atoms with Crippen molar-refractivity contribution in [1.29, 1.82) is 0 Å². The fourth-order valence-electron chi connectivity index (χ4n) is 3.18. The van der Waals surface area contributed by atoms with Crippen molar-refractivity contribution in [3.05, 3.63) is 58.0 Å². The van der Waals surface area contributed by atoms with E-state index in [-0.39, 0.29) is 11.8 Å². The van der Waals surface area contributed by atoms with Gasteiger partial charge in [0.05, 0.1) is 5.56 Å². The summed E-state index contributed by atoms with van der Waals surface area (Å²) in [6, 6.07) is 9.64. The van der Waals surface area contributed by atoms with Crippen molar-refractivity contribution < 1.29 is 9.59 Å². The lowest BCUT2D eigenvalue weighted by atomic mass is 10.1. The molecular weight excluding hydrogens is 370 g/mol. The first kappa shape index (κ1) is 20.0. The average Bonchev–Trinajstić information content (AvgIpc) is 2.85. The van der Waals surface area contributed by atoms with Crippen molar-refractivity contribution in [2.24, 2.45) is 5.10 Å². The van der Waals surface area contributed by atoms with Gasteiger partial charge >= 0.3 is 0 Å². The maximum Gasteiger partial charge on any atom is 0.274 e. The molecular formula is C22H25N3O2S. The second kappa shape index (κ2) is 9.46. The lowest BCUT2D eigenvalue weighted by molar-refractivity contribution is -0.111. The summed E-state index contributed by atoms with van der Waals surface area (Å²) in [6.45, 7) is 3.65. The predicted molar refractivity (Wildman–Crippen MR) is 116 cm³/mol. The molecule has 0 saturated carbocycles. The van der Waals surface area contributed by atoms with Crippen LogP contribution in [0.1, 0.15) is 59.5 Å². The Hall–Kier alpha value is -2.73. The van der Waals surface area contributed by atoms with Gasteiger partial charge in [-0.2, -0.15) is 5.10 Å². The van der Waals surface area contributed by atoms with Crippen LogP contribution in [0.4, 0.5) is 5.00 Å². The fourth-order valence-corrected chi connectivity index (χ4v) is 4.47. The van der Waals surface area contributed by atoms with Crippen LogP contribution in [-0.2, 0) is 17.6 Å². The molecule has 2 aromatic rings. The molecule has 0 atom stereocenters. The largest absolute Gasteiger partial charge is 0.313 e. The summed E-state index contributed by atoms with van der Waals surface area (Å²) in [5.41, 5.74) is 5.96. The predicted octanol–water partition coefficient (Wildman–Crippen LogP) is 4.79. The summed E-state index contributed by atoms with van der Waals surface area (Å²) >= 11 is 1.51. The highest BCUT2D eigenvalue weighted by atomic mass is 32.1. The summed E-state index contributed by atoms with van der Waals surface area (Å²) in [5.74, 6) is -0.507. The number of nitrogens with one attached hydrogen (secondary N) is 2. The Balaban J connectivity index is 1.85. The van der Waals surface area contributed by atoms with E-state index >= 15 is 0 Å². The molecule has 28 heavy (non-hydrogen) atoms. The highest BCUT2D eigenvalue weighted by Crippen LogP contribution is 2.37. The SMILES string of the molecule is CC(C)=NNC(=O)c1c(NC(=O)C=Cc2ccccc2)sc2c1CCCCC2. The molecule has 0 bridgehead atoms. The lowest BCUT2D eigenvalue weighted by Gasteiger charge is -2.07. The van der Waals surface area contributed by atoms with Crippen molar-refractivity contribution >= 4 is 39.9 Å². The van der Waals surface area contributed by atoms with E-state index in [2.05, 4.69) is 15.8 Å². The third-order valence-electron chi connectivity index (χ3n) is 4.49. The van der Waals surface area contributed by atoms with Crippen LogP contribution in [0.3, 0.4) is 0 Å². The number of hydrazone groups is 1. The molecule has 0 saturated heterocycles. The third-order valence-corrected chi connectivity index (χ3v) is 5.70. The molecule has 5 nitrogen and oxygen atoms in total. The average molecular weight is 396 g/mol. The Bertz CT molecular complexity index is 909. The molecule has 2 amide bonds. The van der Waals surface area contributed by atoms with Gasteiger partial charge in [-0.05, 0) is 56.7 Å². The summed E-state index contributed by atoms with van der Waals surface area (Å²) in [4.78, 5) is 26.4. The first-order valence-corrected chi connectivity index (χ1v) is 10.4. The normalized spacial score (nSPS) is 13.5. The van der Waals surface area contributed by atoms with Crippen LogP contribution in [0.25, 0.3) is 6.08 Å². The fraction of sp³-hybridized carbons (Fsp3) is 0.318. The summed E-state index contributed by atoms with van der Waals surface area (Å²) in [5, 5.41) is 7.56. The maximum absolute atomic E-state index is 12.8. The number of fused-ring (bicyclic) bond motifs is 1. The van der Waals surface area contributed by atoms with E-state index in [1.54, 1.807) is 6.08 Å². The number of rotatable bonds is 5. The molecule has 0 fully saturated rings. The number of hydrogen-bond donors (Lipinski definition) is 2. The number of aryl methyl sites for hydroxylation is 1. The first-order chi connectivity index (χ1) is 13.5. The van der Waals surface area contributed by atoms with E-state index < -0.39 is 0 Å². The van der Waals surface area contributed by atoms with Gasteiger partial charge in [-0.15, -0.1) is 11.3 Å². The molecule has 1 aromatic heterocycles. The van der Waals surface area contributed by atoms with Gasteiger partial charge in [-0.1, -0.05) is 36.8 Å². The topological polar surface area (TPSA) is 70.6 Å². The minimum atomic E-state index is -0.261. The lowest BCUT2D eigenvalue weighted by Crippen LogP contribution is -2.21. The van der Waals surface area contributed by atoms with Crippen LogP contribution in [-0.4, -0.2) is 17.5 Å². The Morgan fingerprint density at radius 1 is 1.07 bits per heavy atom. The van der Waals surface area contributed by atoms with Gasteiger partial charge in [0.15, 0.2) is 0 Å². The molecule has 3 rings (SSSR count). The standard InChI is InChI=1S/C22H25N3O2S/c1-15(2)24-25-21(27)20-17-11-7-4-8-12-18(17)28-22(20)23-19(26)14-13-16-9-5-3-6-10-16/h3,5-6,9-10,13-14H,4,7-8,11-12H2,1-2H3,(H,23,26)(H,25,27). The van der Waals surface area contributed by atoms with Crippen molar-refractivity contribution in [3.63, 3.8) is 0 Å². The third kappa shape index (κ3) is 5.16. The molecule has 1 heterocycles. The minimum Gasteiger partial charge on any atom is -0.313 e. The molecule has 146 valence electrons. The highest BCUT2D eigenvalue weighted by molar-refractivity contribution is 7.17. The van der Waals surface area contributed by atoms with Crippen LogP contribution >= 0.6 is 11.3 Å². The van der Waals surface area contributed by atoms with Crippen LogP contribution in [0, 0.1) is 0 Å². The molecule has 0 aliphatic heterocycles. The Kier molecular flexibility index (Phi) is 6.76. The minimum absolute atomic E-state index is 0.246. The summed E-state index contributed by atoms with van der Waals surface area (Å²) < 4.78 is 0. The molecule has 1 aromatic carbocycles. The van der Waals surface area contributed by atoms with Crippen LogP contribution in [0.5, 0.6) is 0 Å². The van der Waals surface area contributed by atoms with Gasteiger partial charge in [0.1, 0.15) is 5.00 Å². The molecule has 1 aliphatic carbocycles. The molecule has 6 heteroatoms. The maximum atomic E-state index is 12.8. The van der Waals surface area contributed by atoms with E-state index in [9.17, 15) is 9.59 Å². The van der Waals surface area contributed by atoms with Crippen molar-refractivity contribution in [3.8, 4) is 0 Å². The van der Waals surface area contributed by atoms with E-state index in [1.165, 1.54) is 22.3 Å². The number of thiophene rings is 1. The van der Waals surface area contributed by atoms with Gasteiger partial charge in [-0.25, -0.2) is 5.43 Å². The summed E-state index contributed by atoms with van der Waals surface area (Å²) in [6.07, 6.45) is 8.40. The Morgan fingerprint density at radius 2 is 1.82 bits per heavy atom. The number of carbonyl (C=O) groups is 2. The number of anilines is 1. The van der Waals surface area contributed by atoms with E-state index in [0.29, 0.717) is 10.6 Å². The quantitative estimate of drug-likeness (QED) is 0.331. The second-order valence-corrected chi connectivity index (χ2v) is 8.11. The van der Waals surface area contributed by atoms with Crippen LogP contribution in [0.15, 0.2) is 41.5 Å². The molecule has 0 radical (unpaired) electrons. The van der Waals surface area contributed by atoms with E-state index in [1.807, 2.05) is 44.2 Å². The molecule has 0 unspecified atom stereocenters. The zero-order chi connectivity index (χ0) is 19.9. The van der Waals surface area contributed by atoms with Gasteiger partial charge in [0.25, 0.3) is 5.91 Å².